The Morgan fingerprint density at radius 2 is 2.04 bits per heavy atom. The van der Waals surface area contributed by atoms with Crippen LogP contribution in [0.3, 0.4) is 0 Å². The predicted octanol–water partition coefficient (Wildman–Crippen LogP) is 1.57. The first kappa shape index (κ1) is 17.7. The number of aromatic nitrogens is 1. The number of carboxylic acids is 1. The minimum atomic E-state index is -5.08. The maximum absolute atomic E-state index is 13.2. The highest BCUT2D eigenvalue weighted by Gasteiger charge is 2.58. The van der Waals surface area contributed by atoms with Crippen molar-refractivity contribution in [3.8, 4) is 0 Å². The van der Waals surface area contributed by atoms with Gasteiger partial charge in [-0.05, 0) is 19.8 Å². The van der Waals surface area contributed by atoms with Gasteiger partial charge in [-0.2, -0.15) is 13.2 Å². The molecule has 1 saturated carbocycles. The van der Waals surface area contributed by atoms with Crippen LogP contribution in [0, 0.1) is 12.3 Å². The van der Waals surface area contributed by atoms with Gasteiger partial charge in [-0.25, -0.2) is 4.98 Å². The lowest BCUT2D eigenvalue weighted by molar-refractivity contribution is -0.267. The summed E-state index contributed by atoms with van der Waals surface area (Å²) in [5, 5.41) is 21.9. The molecular formula is C13H15F3N2O4S. The second-order valence-corrected chi connectivity index (χ2v) is 6.55. The standard InChI is InChI=1S/C13H15F3N2O4S/c1-7-5-23-9(18-7)12(22,13(14,15)16)4-8(19)17-6-11(2-3-11)10(20)21/h5,22H,2-4,6H2,1H3,(H,17,19)(H,20,21). The van der Waals surface area contributed by atoms with E-state index in [0.717, 1.165) is 0 Å². The first-order valence-electron chi connectivity index (χ1n) is 6.72. The third-order valence-electron chi connectivity index (χ3n) is 3.79. The number of halogens is 3. The van der Waals surface area contributed by atoms with E-state index in [1.54, 1.807) is 0 Å². The van der Waals surface area contributed by atoms with E-state index in [9.17, 15) is 27.9 Å². The van der Waals surface area contributed by atoms with E-state index < -0.39 is 40.5 Å². The zero-order valence-corrected chi connectivity index (χ0v) is 12.9. The molecule has 0 bridgehead atoms. The predicted molar refractivity (Wildman–Crippen MR) is 73.7 cm³/mol. The number of aliphatic hydroxyl groups is 1. The van der Waals surface area contributed by atoms with Crippen LogP contribution in [-0.2, 0) is 15.2 Å². The van der Waals surface area contributed by atoms with Crippen LogP contribution in [0.15, 0.2) is 5.38 Å². The van der Waals surface area contributed by atoms with E-state index in [0.29, 0.717) is 29.9 Å². The topological polar surface area (TPSA) is 99.5 Å². The van der Waals surface area contributed by atoms with Crippen molar-refractivity contribution in [1.82, 2.24) is 10.3 Å². The molecule has 1 aromatic rings. The summed E-state index contributed by atoms with van der Waals surface area (Å²) in [5.74, 6) is -2.18. The number of alkyl halides is 3. The lowest BCUT2D eigenvalue weighted by Crippen LogP contribution is -2.47. The number of hydrogen-bond donors (Lipinski definition) is 3. The number of carbonyl (C=O) groups is 2. The van der Waals surface area contributed by atoms with Gasteiger partial charge in [-0.15, -0.1) is 11.3 Å². The van der Waals surface area contributed by atoms with Gasteiger partial charge in [0.2, 0.25) is 11.5 Å². The second-order valence-electron chi connectivity index (χ2n) is 5.69. The van der Waals surface area contributed by atoms with Crippen LogP contribution in [0.5, 0.6) is 0 Å². The molecule has 10 heteroatoms. The third-order valence-corrected chi connectivity index (χ3v) is 4.90. The summed E-state index contributed by atoms with van der Waals surface area (Å²) >= 11 is 0.611. The molecule has 1 atom stereocenters. The Balaban J connectivity index is 2.10. The summed E-state index contributed by atoms with van der Waals surface area (Å²) in [7, 11) is 0. The van der Waals surface area contributed by atoms with Crippen LogP contribution >= 0.6 is 11.3 Å². The number of nitrogens with zero attached hydrogens (tertiary/aromatic N) is 1. The van der Waals surface area contributed by atoms with E-state index in [1.807, 2.05) is 0 Å². The summed E-state index contributed by atoms with van der Waals surface area (Å²) in [6.45, 7) is 1.21. The zero-order valence-electron chi connectivity index (χ0n) is 12.1. The highest BCUT2D eigenvalue weighted by Crippen LogP contribution is 2.46. The SMILES string of the molecule is Cc1csc(C(O)(CC(=O)NCC2(C(=O)O)CC2)C(F)(F)F)n1. The minimum Gasteiger partial charge on any atom is -0.481 e. The molecule has 128 valence electrons. The fraction of sp³-hybridized carbons (Fsp3) is 0.615. The van der Waals surface area contributed by atoms with Crippen molar-refractivity contribution in [1.29, 1.82) is 0 Å². The van der Waals surface area contributed by atoms with Gasteiger partial charge in [0.1, 0.15) is 5.01 Å². The van der Waals surface area contributed by atoms with Crippen LogP contribution in [0.2, 0.25) is 0 Å². The Morgan fingerprint density at radius 3 is 2.43 bits per heavy atom. The second kappa shape index (κ2) is 5.75. The van der Waals surface area contributed by atoms with Gasteiger partial charge in [0.05, 0.1) is 11.8 Å². The van der Waals surface area contributed by atoms with Gasteiger partial charge in [-0.1, -0.05) is 0 Å². The molecule has 0 spiro atoms. The highest BCUT2D eigenvalue weighted by atomic mass is 32.1. The summed E-state index contributed by atoms with van der Waals surface area (Å²) in [4.78, 5) is 26.4. The number of thiazole rings is 1. The van der Waals surface area contributed by atoms with Crippen molar-refractivity contribution in [2.24, 2.45) is 5.41 Å². The molecule has 0 aromatic carbocycles. The Morgan fingerprint density at radius 1 is 1.43 bits per heavy atom. The number of hydrogen-bond acceptors (Lipinski definition) is 5. The van der Waals surface area contributed by atoms with E-state index in [-0.39, 0.29) is 6.54 Å². The third kappa shape index (κ3) is 3.47. The molecule has 3 N–H and O–H groups in total. The van der Waals surface area contributed by atoms with E-state index in [2.05, 4.69) is 10.3 Å². The first-order chi connectivity index (χ1) is 10.5. The van der Waals surface area contributed by atoms with Crippen molar-refractivity contribution in [3.05, 3.63) is 16.1 Å². The van der Waals surface area contributed by atoms with E-state index >= 15 is 0 Å². The fourth-order valence-corrected chi connectivity index (χ4v) is 2.94. The molecular weight excluding hydrogens is 337 g/mol. The monoisotopic (exact) mass is 352 g/mol. The summed E-state index contributed by atoms with van der Waals surface area (Å²) in [5.41, 5.74) is -4.18. The first-order valence-corrected chi connectivity index (χ1v) is 7.60. The lowest BCUT2D eigenvalue weighted by Gasteiger charge is -2.28. The van der Waals surface area contributed by atoms with Gasteiger partial charge >= 0.3 is 12.1 Å². The Hall–Kier alpha value is -1.68. The number of carbonyl (C=O) groups excluding carboxylic acids is 1. The average molecular weight is 352 g/mol. The van der Waals surface area contributed by atoms with E-state index in [1.165, 1.54) is 12.3 Å². The molecule has 1 unspecified atom stereocenters. The van der Waals surface area contributed by atoms with Crippen LogP contribution < -0.4 is 5.32 Å². The van der Waals surface area contributed by atoms with Crippen molar-refractivity contribution in [2.75, 3.05) is 6.54 Å². The normalized spacial score (nSPS) is 19.0. The molecule has 1 aliphatic rings. The maximum atomic E-state index is 13.2. The molecule has 2 rings (SSSR count). The number of amides is 1. The van der Waals surface area contributed by atoms with Crippen LogP contribution in [-0.4, -0.2) is 39.8 Å². The molecule has 1 aromatic heterocycles. The van der Waals surface area contributed by atoms with Crippen molar-refractivity contribution in [3.63, 3.8) is 0 Å². The number of nitrogens with one attached hydrogen (secondary N) is 1. The largest absolute Gasteiger partial charge is 0.481 e. The van der Waals surface area contributed by atoms with Crippen molar-refractivity contribution < 1.29 is 33.0 Å². The maximum Gasteiger partial charge on any atom is 0.424 e. The number of aryl methyl sites for hydroxylation is 1. The number of carboxylic acid groups (broad SMARTS) is 1. The van der Waals surface area contributed by atoms with Gasteiger partial charge in [0.25, 0.3) is 0 Å². The molecule has 1 aliphatic carbocycles. The van der Waals surface area contributed by atoms with Crippen LogP contribution in [0.4, 0.5) is 13.2 Å². The van der Waals surface area contributed by atoms with Crippen molar-refractivity contribution in [2.45, 2.75) is 38.0 Å². The Bertz CT molecular complexity index is 627. The van der Waals surface area contributed by atoms with Gasteiger partial charge in [0.15, 0.2) is 0 Å². The quantitative estimate of drug-likeness (QED) is 0.722. The number of rotatable bonds is 6. The van der Waals surface area contributed by atoms with Gasteiger partial charge < -0.3 is 15.5 Å². The van der Waals surface area contributed by atoms with Gasteiger partial charge in [0, 0.05) is 17.6 Å². The fourth-order valence-electron chi connectivity index (χ4n) is 2.02. The minimum absolute atomic E-state index is 0.258. The lowest BCUT2D eigenvalue weighted by atomic mass is 9.99. The summed E-state index contributed by atoms with van der Waals surface area (Å²) in [6, 6.07) is 0. The Kier molecular flexibility index (Phi) is 4.42. The molecule has 1 fully saturated rings. The number of aliphatic carboxylic acids is 1. The molecule has 6 nitrogen and oxygen atoms in total. The summed E-state index contributed by atoms with van der Waals surface area (Å²) in [6.07, 6.45) is -5.63. The van der Waals surface area contributed by atoms with E-state index in [4.69, 9.17) is 5.11 Å². The zero-order chi connectivity index (χ0) is 17.5. The highest BCUT2D eigenvalue weighted by molar-refractivity contribution is 7.09. The molecule has 1 heterocycles. The molecule has 0 saturated heterocycles. The summed E-state index contributed by atoms with van der Waals surface area (Å²) < 4.78 is 39.7. The Labute approximate surface area is 133 Å². The molecule has 1 amide bonds. The smallest absolute Gasteiger partial charge is 0.424 e. The average Bonchev–Trinajstić information content (AvgIpc) is 3.10. The van der Waals surface area contributed by atoms with Crippen molar-refractivity contribution >= 4 is 23.2 Å². The molecule has 0 aliphatic heterocycles. The molecule has 0 radical (unpaired) electrons. The van der Waals surface area contributed by atoms with Gasteiger partial charge in [-0.3, -0.25) is 9.59 Å². The molecule has 23 heavy (non-hydrogen) atoms. The van der Waals surface area contributed by atoms with Crippen LogP contribution in [0.25, 0.3) is 0 Å². The van der Waals surface area contributed by atoms with Crippen LogP contribution in [0.1, 0.15) is 30.0 Å².